The van der Waals surface area contributed by atoms with Gasteiger partial charge in [-0.3, -0.25) is 0 Å². The van der Waals surface area contributed by atoms with Crippen molar-refractivity contribution in [1.82, 2.24) is 9.97 Å². The van der Waals surface area contributed by atoms with E-state index < -0.39 is 5.97 Å². The van der Waals surface area contributed by atoms with Gasteiger partial charge in [0.1, 0.15) is 0 Å². The number of aromatic amines is 1. The van der Waals surface area contributed by atoms with E-state index in [0.717, 1.165) is 5.69 Å². The molecule has 4 nitrogen and oxygen atoms in total. The van der Waals surface area contributed by atoms with Gasteiger partial charge in [-0.25, -0.2) is 9.78 Å². The number of aromatic nitrogens is 2. The fourth-order valence-corrected chi connectivity index (χ4v) is 1.01. The molecule has 0 saturated carbocycles. The summed E-state index contributed by atoms with van der Waals surface area (Å²) in [4.78, 5) is 18.2. The maximum absolute atomic E-state index is 11.3. The van der Waals surface area contributed by atoms with Crippen molar-refractivity contribution in [2.75, 3.05) is 6.61 Å². The highest BCUT2D eigenvalue weighted by molar-refractivity contribution is 5.85. The minimum Gasteiger partial charge on any atom is -0.460 e. The molecule has 0 aliphatic rings. The summed E-state index contributed by atoms with van der Waals surface area (Å²) in [6, 6.07) is 0. The predicted octanol–water partition coefficient (Wildman–Crippen LogP) is 1.88. The Morgan fingerprint density at radius 3 is 2.64 bits per heavy atom. The highest BCUT2D eigenvalue weighted by atomic mass is 16.5. The molecule has 0 unspecified atom stereocenters. The summed E-state index contributed by atoms with van der Waals surface area (Å²) in [6.07, 6.45) is 1.67. The fraction of sp³-hybridized carbons (Fsp3) is 0.600. The molecule has 1 rings (SSSR count). The van der Waals surface area contributed by atoms with Crippen LogP contribution in [0, 0.1) is 0 Å². The van der Waals surface area contributed by atoms with Gasteiger partial charge in [-0.1, -0.05) is 20.8 Å². The molecule has 0 aromatic carbocycles. The van der Waals surface area contributed by atoms with E-state index in [-0.39, 0.29) is 11.2 Å². The van der Waals surface area contributed by atoms with Gasteiger partial charge in [0.2, 0.25) is 5.82 Å². The van der Waals surface area contributed by atoms with Crippen LogP contribution in [0.2, 0.25) is 0 Å². The van der Waals surface area contributed by atoms with Crippen LogP contribution in [0.4, 0.5) is 0 Å². The number of imidazole rings is 1. The number of rotatable bonds is 2. The summed E-state index contributed by atoms with van der Waals surface area (Å²) >= 11 is 0. The molecule has 0 fully saturated rings. The summed E-state index contributed by atoms with van der Waals surface area (Å²) in [5.41, 5.74) is 0.901. The molecule has 0 aliphatic carbocycles. The van der Waals surface area contributed by atoms with Crippen molar-refractivity contribution in [2.24, 2.45) is 0 Å². The smallest absolute Gasteiger partial charge is 0.374 e. The standard InChI is InChI=1S/C10H16N2O2/c1-5-14-9(13)8-11-6-7(12-8)10(2,3)4/h6H,5H2,1-4H3,(H,11,12). The maximum atomic E-state index is 11.3. The topological polar surface area (TPSA) is 55.0 Å². The van der Waals surface area contributed by atoms with Gasteiger partial charge >= 0.3 is 5.97 Å². The Kier molecular flexibility index (Phi) is 2.93. The molecule has 1 heterocycles. The summed E-state index contributed by atoms with van der Waals surface area (Å²) in [5.74, 6) is -0.125. The quantitative estimate of drug-likeness (QED) is 0.735. The van der Waals surface area contributed by atoms with Gasteiger partial charge in [0, 0.05) is 17.3 Å². The van der Waals surface area contributed by atoms with Gasteiger partial charge in [0.25, 0.3) is 0 Å². The van der Waals surface area contributed by atoms with Crippen molar-refractivity contribution in [3.8, 4) is 0 Å². The number of hydrogen-bond donors (Lipinski definition) is 1. The molecule has 1 aromatic rings. The van der Waals surface area contributed by atoms with E-state index in [1.54, 1.807) is 13.1 Å². The molecule has 0 amide bonds. The second kappa shape index (κ2) is 3.82. The molecule has 4 heteroatoms. The maximum Gasteiger partial charge on any atom is 0.374 e. The molecule has 78 valence electrons. The molecule has 0 radical (unpaired) electrons. The summed E-state index contributed by atoms with van der Waals surface area (Å²) < 4.78 is 4.82. The van der Waals surface area contributed by atoms with E-state index in [4.69, 9.17) is 4.74 Å². The number of hydrogen-bond acceptors (Lipinski definition) is 3. The molecule has 0 atom stereocenters. The number of carbonyl (C=O) groups is 1. The monoisotopic (exact) mass is 196 g/mol. The number of carbonyl (C=O) groups excluding carboxylic acids is 1. The van der Waals surface area contributed by atoms with E-state index in [2.05, 4.69) is 30.7 Å². The Balaban J connectivity index is 2.83. The van der Waals surface area contributed by atoms with E-state index in [9.17, 15) is 4.79 Å². The van der Waals surface area contributed by atoms with Crippen LogP contribution in [-0.4, -0.2) is 22.5 Å². The highest BCUT2D eigenvalue weighted by Gasteiger charge is 2.19. The first-order valence-electron chi connectivity index (χ1n) is 4.67. The van der Waals surface area contributed by atoms with Gasteiger partial charge in [-0.05, 0) is 6.92 Å². The van der Waals surface area contributed by atoms with Crippen LogP contribution in [-0.2, 0) is 10.2 Å². The normalized spacial score (nSPS) is 11.4. The third-order valence-corrected chi connectivity index (χ3v) is 1.85. The van der Waals surface area contributed by atoms with Crippen molar-refractivity contribution < 1.29 is 9.53 Å². The first-order chi connectivity index (χ1) is 6.45. The third-order valence-electron chi connectivity index (χ3n) is 1.85. The zero-order valence-electron chi connectivity index (χ0n) is 9.05. The zero-order valence-corrected chi connectivity index (χ0v) is 9.05. The molecule has 1 aromatic heterocycles. The van der Waals surface area contributed by atoms with Gasteiger partial charge in [-0.15, -0.1) is 0 Å². The van der Waals surface area contributed by atoms with Crippen LogP contribution in [0.1, 0.15) is 44.0 Å². The Labute approximate surface area is 83.7 Å². The molecule has 0 aliphatic heterocycles. The molecule has 0 saturated heterocycles. The van der Waals surface area contributed by atoms with E-state index in [1.807, 2.05) is 0 Å². The van der Waals surface area contributed by atoms with Crippen molar-refractivity contribution >= 4 is 5.97 Å². The number of esters is 1. The first kappa shape index (κ1) is 10.8. The predicted molar refractivity (Wildman–Crippen MR) is 53.2 cm³/mol. The Bertz CT molecular complexity index is 323. The van der Waals surface area contributed by atoms with Crippen LogP contribution in [0.5, 0.6) is 0 Å². The largest absolute Gasteiger partial charge is 0.460 e. The third kappa shape index (κ3) is 2.34. The van der Waals surface area contributed by atoms with E-state index in [1.165, 1.54) is 0 Å². The molecular formula is C10H16N2O2. The minimum atomic E-state index is -0.400. The lowest BCUT2D eigenvalue weighted by Gasteiger charge is -2.14. The van der Waals surface area contributed by atoms with Crippen molar-refractivity contribution in [3.05, 3.63) is 17.7 Å². The lowest BCUT2D eigenvalue weighted by atomic mass is 9.93. The summed E-state index contributed by atoms with van der Waals surface area (Å²) in [5, 5.41) is 0. The summed E-state index contributed by atoms with van der Waals surface area (Å²) in [7, 11) is 0. The molecule has 0 bridgehead atoms. The van der Waals surface area contributed by atoms with E-state index >= 15 is 0 Å². The zero-order chi connectivity index (χ0) is 10.8. The van der Waals surface area contributed by atoms with E-state index in [0.29, 0.717) is 6.61 Å². The fourth-order valence-electron chi connectivity index (χ4n) is 1.01. The van der Waals surface area contributed by atoms with Crippen LogP contribution >= 0.6 is 0 Å². The average Bonchev–Trinajstić information content (AvgIpc) is 2.51. The Morgan fingerprint density at radius 1 is 1.57 bits per heavy atom. The van der Waals surface area contributed by atoms with Crippen molar-refractivity contribution in [2.45, 2.75) is 33.1 Å². The number of H-pyrrole nitrogens is 1. The lowest BCUT2D eigenvalue weighted by Crippen LogP contribution is -2.12. The SMILES string of the molecule is CCOC(=O)c1ncc(C(C)(C)C)[nH]1. The second-order valence-corrected chi connectivity index (χ2v) is 4.12. The van der Waals surface area contributed by atoms with Gasteiger partial charge in [-0.2, -0.15) is 0 Å². The molecule has 0 spiro atoms. The van der Waals surface area contributed by atoms with Crippen LogP contribution < -0.4 is 0 Å². The number of nitrogens with zero attached hydrogens (tertiary/aromatic N) is 1. The van der Waals surface area contributed by atoms with Crippen LogP contribution in [0.25, 0.3) is 0 Å². The lowest BCUT2D eigenvalue weighted by molar-refractivity contribution is 0.0513. The first-order valence-corrected chi connectivity index (χ1v) is 4.67. The minimum absolute atomic E-state index is 0.0300. The number of nitrogens with one attached hydrogen (secondary N) is 1. The highest BCUT2D eigenvalue weighted by Crippen LogP contribution is 2.19. The van der Waals surface area contributed by atoms with Crippen molar-refractivity contribution in [3.63, 3.8) is 0 Å². The molecule has 1 N–H and O–H groups in total. The van der Waals surface area contributed by atoms with Crippen LogP contribution in [0.15, 0.2) is 6.20 Å². The van der Waals surface area contributed by atoms with Crippen LogP contribution in [0.3, 0.4) is 0 Å². The second-order valence-electron chi connectivity index (χ2n) is 4.12. The average molecular weight is 196 g/mol. The Morgan fingerprint density at radius 2 is 2.21 bits per heavy atom. The summed E-state index contributed by atoms with van der Waals surface area (Å²) in [6.45, 7) is 8.29. The molecular weight excluding hydrogens is 180 g/mol. The Hall–Kier alpha value is -1.32. The van der Waals surface area contributed by atoms with Gasteiger partial charge in [0.05, 0.1) is 6.61 Å². The molecule has 14 heavy (non-hydrogen) atoms. The number of ether oxygens (including phenoxy) is 1. The van der Waals surface area contributed by atoms with Gasteiger partial charge < -0.3 is 9.72 Å². The van der Waals surface area contributed by atoms with Crippen molar-refractivity contribution in [1.29, 1.82) is 0 Å². The van der Waals surface area contributed by atoms with Gasteiger partial charge in [0.15, 0.2) is 0 Å².